The van der Waals surface area contributed by atoms with Gasteiger partial charge in [-0.05, 0) is 52.4 Å². The zero-order valence-electron chi connectivity index (χ0n) is 11.4. The van der Waals surface area contributed by atoms with Gasteiger partial charge in [0.1, 0.15) is 0 Å². The molecule has 4 heteroatoms. The highest BCUT2D eigenvalue weighted by Gasteiger charge is 2.42. The lowest BCUT2D eigenvalue weighted by molar-refractivity contribution is -0.168. The van der Waals surface area contributed by atoms with E-state index in [0.717, 1.165) is 6.42 Å². The molecular formula is C14H24ClNO2. The Morgan fingerprint density at radius 1 is 1.39 bits per heavy atom. The first-order valence-electron chi connectivity index (χ1n) is 7.00. The highest BCUT2D eigenvalue weighted by Crippen LogP contribution is 2.43. The van der Waals surface area contributed by atoms with E-state index in [1.165, 1.54) is 32.1 Å². The molecule has 1 saturated carbocycles. The minimum atomic E-state index is -0.496. The van der Waals surface area contributed by atoms with E-state index in [1.54, 1.807) is 0 Å². The fraction of sp³-hybridized carbons (Fsp3) is 0.929. The van der Waals surface area contributed by atoms with Crippen molar-refractivity contribution >= 4 is 17.5 Å². The minimum Gasteiger partial charge on any atom is -0.370 e. The Kier molecular flexibility index (Phi) is 4.22. The van der Waals surface area contributed by atoms with Crippen LogP contribution in [-0.4, -0.2) is 30.0 Å². The number of alkyl halides is 1. The number of hydrogen-bond acceptors (Lipinski definition) is 2. The van der Waals surface area contributed by atoms with E-state index in [2.05, 4.69) is 5.32 Å². The molecule has 1 aliphatic carbocycles. The Morgan fingerprint density at radius 2 is 2.06 bits per heavy atom. The third kappa shape index (κ3) is 3.00. The van der Waals surface area contributed by atoms with Gasteiger partial charge in [-0.3, -0.25) is 4.79 Å². The normalized spacial score (nSPS) is 26.7. The zero-order valence-corrected chi connectivity index (χ0v) is 12.2. The van der Waals surface area contributed by atoms with Gasteiger partial charge in [0.25, 0.3) is 0 Å². The summed E-state index contributed by atoms with van der Waals surface area (Å²) in [6.45, 7) is 4.36. The first-order valence-corrected chi connectivity index (χ1v) is 7.53. The van der Waals surface area contributed by atoms with Crippen molar-refractivity contribution < 1.29 is 9.53 Å². The summed E-state index contributed by atoms with van der Waals surface area (Å²) in [4.78, 5) is 11.9. The lowest BCUT2D eigenvalue weighted by Gasteiger charge is -2.47. The highest BCUT2D eigenvalue weighted by atomic mass is 35.5. The van der Waals surface area contributed by atoms with Gasteiger partial charge in [0.2, 0.25) is 5.91 Å². The summed E-state index contributed by atoms with van der Waals surface area (Å²) in [5.74, 6) is 0.364. The average Bonchev–Trinajstić information content (AvgIpc) is 2.34. The number of ether oxygens (including phenoxy) is 1. The molecule has 2 rings (SSSR count). The van der Waals surface area contributed by atoms with Crippen LogP contribution in [-0.2, 0) is 9.53 Å². The Labute approximate surface area is 115 Å². The molecule has 3 nitrogen and oxygen atoms in total. The SMILES string of the molecule is CC(C)(CCl)C(=O)NCC1CCCC2(CCC2)O1. The first-order chi connectivity index (χ1) is 8.47. The molecular weight excluding hydrogens is 250 g/mol. The van der Waals surface area contributed by atoms with Crippen LogP contribution in [0.15, 0.2) is 0 Å². The maximum absolute atomic E-state index is 11.9. The second-order valence-electron chi connectivity index (χ2n) is 6.40. The number of amides is 1. The number of carbonyl (C=O) groups is 1. The first kappa shape index (κ1) is 14.1. The molecule has 1 N–H and O–H groups in total. The zero-order chi connectivity index (χ0) is 13.2. The molecule has 0 bridgehead atoms. The van der Waals surface area contributed by atoms with E-state index < -0.39 is 5.41 Å². The van der Waals surface area contributed by atoms with E-state index in [9.17, 15) is 4.79 Å². The molecule has 1 aliphatic heterocycles. The topological polar surface area (TPSA) is 38.3 Å². The molecule has 0 aromatic rings. The second-order valence-corrected chi connectivity index (χ2v) is 6.66. The Morgan fingerprint density at radius 3 is 2.61 bits per heavy atom. The van der Waals surface area contributed by atoms with Crippen LogP contribution >= 0.6 is 11.6 Å². The molecule has 2 fully saturated rings. The van der Waals surface area contributed by atoms with Gasteiger partial charge in [-0.1, -0.05) is 0 Å². The molecule has 2 aliphatic rings. The molecule has 1 atom stereocenters. The van der Waals surface area contributed by atoms with Crippen molar-refractivity contribution in [3.63, 3.8) is 0 Å². The summed E-state index contributed by atoms with van der Waals surface area (Å²) in [7, 11) is 0. The molecule has 0 aromatic heterocycles. The van der Waals surface area contributed by atoms with Crippen molar-refractivity contribution in [1.29, 1.82) is 0 Å². The van der Waals surface area contributed by atoms with Gasteiger partial charge >= 0.3 is 0 Å². The maximum Gasteiger partial charge on any atom is 0.226 e. The molecule has 104 valence electrons. The van der Waals surface area contributed by atoms with Crippen LogP contribution in [0.25, 0.3) is 0 Å². The highest BCUT2D eigenvalue weighted by molar-refractivity contribution is 6.19. The van der Waals surface area contributed by atoms with E-state index in [4.69, 9.17) is 16.3 Å². The maximum atomic E-state index is 11.9. The van der Waals surface area contributed by atoms with Crippen LogP contribution in [0.1, 0.15) is 52.4 Å². The number of hydrogen-bond donors (Lipinski definition) is 1. The Bertz CT molecular complexity index is 313. The monoisotopic (exact) mass is 273 g/mol. The number of nitrogens with one attached hydrogen (secondary N) is 1. The Balaban J connectivity index is 1.78. The van der Waals surface area contributed by atoms with Crippen molar-refractivity contribution in [2.24, 2.45) is 5.41 Å². The van der Waals surface area contributed by atoms with Crippen molar-refractivity contribution in [3.8, 4) is 0 Å². The predicted octanol–water partition coefficient (Wildman–Crippen LogP) is 2.86. The molecule has 0 radical (unpaired) electrons. The summed E-state index contributed by atoms with van der Waals surface area (Å²) >= 11 is 5.79. The smallest absolute Gasteiger partial charge is 0.226 e. The van der Waals surface area contributed by atoms with Gasteiger partial charge in [-0.2, -0.15) is 0 Å². The molecule has 1 amide bonds. The molecule has 18 heavy (non-hydrogen) atoms. The van der Waals surface area contributed by atoms with Crippen LogP contribution in [0.5, 0.6) is 0 Å². The van der Waals surface area contributed by atoms with Crippen LogP contribution in [0.2, 0.25) is 0 Å². The Hall–Kier alpha value is -0.280. The van der Waals surface area contributed by atoms with Gasteiger partial charge in [0, 0.05) is 12.4 Å². The van der Waals surface area contributed by atoms with Crippen molar-refractivity contribution in [2.45, 2.75) is 64.1 Å². The van der Waals surface area contributed by atoms with Crippen molar-refractivity contribution in [2.75, 3.05) is 12.4 Å². The number of carbonyl (C=O) groups excluding carboxylic acids is 1. The van der Waals surface area contributed by atoms with Gasteiger partial charge in [0.15, 0.2) is 0 Å². The van der Waals surface area contributed by atoms with Crippen LogP contribution in [0.4, 0.5) is 0 Å². The summed E-state index contributed by atoms with van der Waals surface area (Å²) in [6, 6.07) is 0. The van der Waals surface area contributed by atoms with Crippen LogP contribution in [0, 0.1) is 5.41 Å². The molecule has 1 heterocycles. The van der Waals surface area contributed by atoms with E-state index in [-0.39, 0.29) is 17.6 Å². The minimum absolute atomic E-state index is 0.0225. The largest absolute Gasteiger partial charge is 0.370 e. The quantitative estimate of drug-likeness (QED) is 0.800. The molecule has 1 unspecified atom stereocenters. The van der Waals surface area contributed by atoms with Gasteiger partial charge < -0.3 is 10.1 Å². The summed E-state index contributed by atoms with van der Waals surface area (Å²) in [5, 5.41) is 2.98. The van der Waals surface area contributed by atoms with Gasteiger partial charge in [-0.25, -0.2) is 0 Å². The number of halogens is 1. The predicted molar refractivity (Wildman–Crippen MR) is 72.8 cm³/mol. The second kappa shape index (κ2) is 5.38. The van der Waals surface area contributed by atoms with Gasteiger partial charge in [-0.15, -0.1) is 11.6 Å². The van der Waals surface area contributed by atoms with E-state index in [0.29, 0.717) is 12.4 Å². The van der Waals surface area contributed by atoms with E-state index in [1.807, 2.05) is 13.8 Å². The molecule has 1 spiro atoms. The standard InChI is InChI=1S/C14H24ClNO2/c1-13(2,10-15)12(17)16-9-11-5-3-6-14(18-11)7-4-8-14/h11H,3-10H2,1-2H3,(H,16,17). The summed E-state index contributed by atoms with van der Waals surface area (Å²) in [5.41, 5.74) is -0.333. The fourth-order valence-corrected chi connectivity index (χ4v) is 2.83. The number of rotatable bonds is 4. The third-order valence-corrected chi connectivity index (χ3v) is 4.95. The van der Waals surface area contributed by atoms with Crippen molar-refractivity contribution in [3.05, 3.63) is 0 Å². The third-order valence-electron chi connectivity index (χ3n) is 4.28. The van der Waals surface area contributed by atoms with Crippen LogP contribution < -0.4 is 5.32 Å². The fourth-order valence-electron chi connectivity index (χ4n) is 2.71. The van der Waals surface area contributed by atoms with Crippen molar-refractivity contribution in [1.82, 2.24) is 5.32 Å². The summed E-state index contributed by atoms with van der Waals surface area (Å²) < 4.78 is 6.16. The van der Waals surface area contributed by atoms with E-state index >= 15 is 0 Å². The lowest BCUT2D eigenvalue weighted by Crippen LogP contribution is -2.50. The summed E-state index contributed by atoms with van der Waals surface area (Å²) in [6.07, 6.45) is 7.36. The van der Waals surface area contributed by atoms with Crippen LogP contribution in [0.3, 0.4) is 0 Å². The lowest BCUT2D eigenvalue weighted by atomic mass is 9.74. The van der Waals surface area contributed by atoms with Gasteiger partial charge in [0.05, 0.1) is 17.1 Å². The molecule has 0 aromatic carbocycles. The molecule has 1 saturated heterocycles. The average molecular weight is 274 g/mol.